The lowest BCUT2D eigenvalue weighted by molar-refractivity contribution is 1.06. The van der Waals surface area contributed by atoms with Gasteiger partial charge in [0.05, 0.1) is 11.4 Å². The van der Waals surface area contributed by atoms with Gasteiger partial charge in [0.25, 0.3) is 0 Å². The average molecular weight is 550 g/mol. The van der Waals surface area contributed by atoms with E-state index in [1.807, 2.05) is 39.0 Å². The number of thiazole rings is 2. The summed E-state index contributed by atoms with van der Waals surface area (Å²) in [6, 6.07) is 16.5. The van der Waals surface area contributed by atoms with Crippen LogP contribution in [0, 0.1) is 0 Å². The van der Waals surface area contributed by atoms with E-state index in [1.165, 1.54) is 22.7 Å². The molecular formula is C25H24ClN9S2. The largest absolute Gasteiger partial charge is 0.378 e. The molecule has 0 radical (unpaired) electrons. The van der Waals surface area contributed by atoms with Gasteiger partial charge in [-0.05, 0) is 35.9 Å². The molecule has 37 heavy (non-hydrogen) atoms. The van der Waals surface area contributed by atoms with Crippen LogP contribution in [0.2, 0.25) is 5.28 Å². The standard InChI is InChI=1S/C25H24ClN9S2/c1-34(2)17-9-5-15(6-10-17)19-13-36-24(27-19)32-22-29-21(26)30-23(31-22)33-25-28-20(14-37-25)16-7-11-18(12-8-16)35(3)4/h5-14H,1-4H3,(H2,27,28,29,30,31,32,33). The molecule has 0 spiro atoms. The number of nitrogens with one attached hydrogen (secondary N) is 2. The summed E-state index contributed by atoms with van der Waals surface area (Å²) in [5.41, 5.74) is 6.05. The number of rotatable bonds is 8. The fraction of sp³-hybridized carbons (Fsp3) is 0.160. The summed E-state index contributed by atoms with van der Waals surface area (Å²) in [6.45, 7) is 0. The predicted molar refractivity (Wildman–Crippen MR) is 155 cm³/mol. The highest BCUT2D eigenvalue weighted by Crippen LogP contribution is 2.30. The first kappa shape index (κ1) is 24.9. The van der Waals surface area contributed by atoms with Crippen molar-refractivity contribution in [2.24, 2.45) is 0 Å². The summed E-state index contributed by atoms with van der Waals surface area (Å²) in [4.78, 5) is 26.3. The van der Waals surface area contributed by atoms with E-state index in [1.54, 1.807) is 0 Å². The highest BCUT2D eigenvalue weighted by atomic mass is 35.5. The molecule has 5 aromatic rings. The van der Waals surface area contributed by atoms with Gasteiger partial charge >= 0.3 is 0 Å². The zero-order valence-corrected chi connectivity index (χ0v) is 23.0. The first-order chi connectivity index (χ1) is 17.8. The Morgan fingerprint density at radius 2 is 1.00 bits per heavy atom. The molecule has 2 aromatic carbocycles. The smallest absolute Gasteiger partial charge is 0.235 e. The molecule has 0 saturated carbocycles. The van der Waals surface area contributed by atoms with Crippen LogP contribution in [0.15, 0.2) is 59.3 Å². The van der Waals surface area contributed by atoms with Crippen molar-refractivity contribution in [1.29, 1.82) is 0 Å². The van der Waals surface area contributed by atoms with Gasteiger partial charge in [0.1, 0.15) is 0 Å². The molecular weight excluding hydrogens is 526 g/mol. The number of halogens is 1. The summed E-state index contributed by atoms with van der Waals surface area (Å²) in [6.07, 6.45) is 0. The molecule has 0 aliphatic carbocycles. The second-order valence-electron chi connectivity index (χ2n) is 8.46. The van der Waals surface area contributed by atoms with Crippen LogP contribution in [0.25, 0.3) is 22.5 Å². The van der Waals surface area contributed by atoms with Crippen molar-refractivity contribution in [2.45, 2.75) is 0 Å². The van der Waals surface area contributed by atoms with E-state index in [-0.39, 0.29) is 5.28 Å². The van der Waals surface area contributed by atoms with Gasteiger partial charge in [-0.15, -0.1) is 22.7 Å². The number of benzene rings is 2. The Morgan fingerprint density at radius 3 is 1.38 bits per heavy atom. The molecule has 0 unspecified atom stereocenters. The fourth-order valence-electron chi connectivity index (χ4n) is 3.44. The lowest BCUT2D eigenvalue weighted by Crippen LogP contribution is -2.07. The van der Waals surface area contributed by atoms with Gasteiger partial charge in [0.15, 0.2) is 10.3 Å². The van der Waals surface area contributed by atoms with Gasteiger partial charge in [-0.2, -0.15) is 15.0 Å². The normalized spacial score (nSPS) is 10.8. The monoisotopic (exact) mass is 549 g/mol. The molecule has 0 aliphatic heterocycles. The van der Waals surface area contributed by atoms with Gasteiger partial charge < -0.3 is 9.80 Å². The molecule has 0 atom stereocenters. The molecule has 0 aliphatic rings. The van der Waals surface area contributed by atoms with E-state index in [0.29, 0.717) is 22.2 Å². The molecule has 188 valence electrons. The SMILES string of the molecule is CN(C)c1ccc(-c2csc(Nc3nc(Cl)nc(Nc4nc(-c5ccc(N(C)C)cc5)cs4)n3)n2)cc1. The second-order valence-corrected chi connectivity index (χ2v) is 10.5. The van der Waals surface area contributed by atoms with Crippen molar-refractivity contribution in [2.75, 3.05) is 48.6 Å². The van der Waals surface area contributed by atoms with Crippen LogP contribution in [0.4, 0.5) is 33.5 Å². The first-order valence-corrected chi connectivity index (χ1v) is 13.4. The Labute approximate surface area is 227 Å². The lowest BCUT2D eigenvalue weighted by atomic mass is 10.1. The third-order valence-electron chi connectivity index (χ3n) is 5.41. The third-order valence-corrected chi connectivity index (χ3v) is 7.10. The number of hydrogen-bond acceptors (Lipinski definition) is 11. The number of hydrogen-bond donors (Lipinski definition) is 2. The zero-order chi connectivity index (χ0) is 25.9. The summed E-state index contributed by atoms with van der Waals surface area (Å²) in [7, 11) is 8.06. The maximum absolute atomic E-state index is 6.18. The third kappa shape index (κ3) is 5.96. The minimum absolute atomic E-state index is 0.0621. The van der Waals surface area contributed by atoms with Crippen molar-refractivity contribution in [3.63, 3.8) is 0 Å². The lowest BCUT2D eigenvalue weighted by Gasteiger charge is -2.12. The highest BCUT2D eigenvalue weighted by molar-refractivity contribution is 7.14. The van der Waals surface area contributed by atoms with E-state index < -0.39 is 0 Å². The Bertz CT molecular complexity index is 1390. The number of anilines is 6. The van der Waals surface area contributed by atoms with Crippen LogP contribution in [-0.4, -0.2) is 53.1 Å². The molecule has 3 aromatic heterocycles. The minimum atomic E-state index is 0.0621. The van der Waals surface area contributed by atoms with Crippen LogP contribution in [0.5, 0.6) is 0 Å². The summed E-state index contributed by atoms with van der Waals surface area (Å²) < 4.78 is 0. The van der Waals surface area contributed by atoms with Crippen molar-refractivity contribution < 1.29 is 0 Å². The molecule has 2 N–H and O–H groups in total. The van der Waals surface area contributed by atoms with Crippen molar-refractivity contribution >= 4 is 67.8 Å². The van der Waals surface area contributed by atoms with E-state index in [2.05, 4.69) is 93.9 Å². The average Bonchev–Trinajstić information content (AvgIpc) is 3.54. The molecule has 0 fully saturated rings. The Kier molecular flexibility index (Phi) is 7.17. The summed E-state index contributed by atoms with van der Waals surface area (Å²) in [5.74, 6) is 0.588. The predicted octanol–water partition coefficient (Wildman–Crippen LogP) is 6.39. The summed E-state index contributed by atoms with van der Waals surface area (Å²) in [5, 5.41) is 11.6. The Hall–Kier alpha value is -3.80. The Morgan fingerprint density at radius 1 is 0.595 bits per heavy atom. The van der Waals surface area contributed by atoms with Crippen LogP contribution >= 0.6 is 34.3 Å². The highest BCUT2D eigenvalue weighted by Gasteiger charge is 2.12. The van der Waals surface area contributed by atoms with Gasteiger partial charge in [-0.3, -0.25) is 10.6 Å². The first-order valence-electron chi connectivity index (χ1n) is 11.3. The molecule has 0 saturated heterocycles. The number of aromatic nitrogens is 5. The molecule has 5 rings (SSSR count). The van der Waals surface area contributed by atoms with Gasteiger partial charge in [0, 0.05) is 61.5 Å². The Balaban J connectivity index is 1.28. The maximum atomic E-state index is 6.18. The molecule has 0 amide bonds. The van der Waals surface area contributed by atoms with Gasteiger partial charge in [-0.25, -0.2) is 9.97 Å². The fourth-order valence-corrected chi connectivity index (χ4v) is 5.03. The van der Waals surface area contributed by atoms with Crippen molar-refractivity contribution in [3.05, 3.63) is 64.6 Å². The molecule has 3 heterocycles. The minimum Gasteiger partial charge on any atom is -0.378 e. The molecule has 9 nitrogen and oxygen atoms in total. The van der Waals surface area contributed by atoms with E-state index in [4.69, 9.17) is 11.6 Å². The van der Waals surface area contributed by atoms with E-state index in [9.17, 15) is 0 Å². The maximum Gasteiger partial charge on any atom is 0.235 e. The van der Waals surface area contributed by atoms with Crippen LogP contribution in [0.3, 0.4) is 0 Å². The van der Waals surface area contributed by atoms with Crippen LogP contribution < -0.4 is 20.4 Å². The van der Waals surface area contributed by atoms with Crippen molar-refractivity contribution in [1.82, 2.24) is 24.9 Å². The van der Waals surface area contributed by atoms with Gasteiger partial charge in [-0.1, -0.05) is 24.3 Å². The van der Waals surface area contributed by atoms with E-state index >= 15 is 0 Å². The van der Waals surface area contributed by atoms with Gasteiger partial charge in [0.2, 0.25) is 17.2 Å². The second kappa shape index (κ2) is 10.7. The summed E-state index contributed by atoms with van der Waals surface area (Å²) >= 11 is 9.10. The topological polar surface area (TPSA) is 95.0 Å². The van der Waals surface area contributed by atoms with E-state index in [0.717, 1.165) is 33.9 Å². The number of nitrogens with zero attached hydrogens (tertiary/aromatic N) is 7. The zero-order valence-electron chi connectivity index (χ0n) is 20.6. The van der Waals surface area contributed by atoms with Crippen LogP contribution in [-0.2, 0) is 0 Å². The molecule has 12 heteroatoms. The van der Waals surface area contributed by atoms with Crippen LogP contribution in [0.1, 0.15) is 0 Å². The quantitative estimate of drug-likeness (QED) is 0.228. The molecule has 0 bridgehead atoms. The van der Waals surface area contributed by atoms with Crippen molar-refractivity contribution in [3.8, 4) is 22.5 Å².